The van der Waals surface area contributed by atoms with Gasteiger partial charge in [0.25, 0.3) is 0 Å². The number of hydrogen-bond donors (Lipinski definition) is 3. The second-order valence-corrected chi connectivity index (χ2v) is 15.0. The minimum atomic E-state index is -1.56. The minimum Gasteiger partial charge on any atom is -0.459 e. The molecule has 4 aliphatic heterocycles. The van der Waals surface area contributed by atoms with E-state index in [1.807, 2.05) is 53.6 Å². The van der Waals surface area contributed by atoms with Crippen molar-refractivity contribution < 1.29 is 48.2 Å². The Morgan fingerprint density at radius 3 is 2.40 bits per heavy atom. The van der Waals surface area contributed by atoms with Crippen LogP contribution in [0.15, 0.2) is 12.2 Å². The van der Waals surface area contributed by atoms with Crippen LogP contribution < -0.4 is 5.32 Å². The van der Waals surface area contributed by atoms with Gasteiger partial charge in [0.05, 0.1) is 49.1 Å². The summed E-state index contributed by atoms with van der Waals surface area (Å²) in [6, 6.07) is -0.509. The standard InChI is InChI=1S/C35H62N2O10/c1-13-27-35(10,41)31-24(7)36-16-19(2)15-34(9,43-18-20(3)17-42-31)30(22(5)28(39)23(6)32(40)46-27)47-33-29(45-25(8)38)26(37(11)12)14-21(4)44-33/h19,21-24,26-31,33,36,39,41H,3,13-18H2,1-2,4-12H3/t19-,21-,22+,23?,24-,26+,27-,28?,29-,30-,31+,33+,34-,35-/m1/s1. The van der Waals surface area contributed by atoms with Gasteiger partial charge in [0.15, 0.2) is 12.4 Å². The summed E-state index contributed by atoms with van der Waals surface area (Å²) in [5.41, 5.74) is -1.96. The van der Waals surface area contributed by atoms with Crippen molar-refractivity contribution in [2.45, 2.75) is 148 Å². The highest BCUT2D eigenvalue weighted by molar-refractivity contribution is 5.73. The third-order valence-corrected chi connectivity index (χ3v) is 10.3. The fourth-order valence-electron chi connectivity index (χ4n) is 7.60. The Morgan fingerprint density at radius 1 is 1.15 bits per heavy atom. The van der Waals surface area contributed by atoms with Crippen molar-refractivity contribution in [1.82, 2.24) is 10.2 Å². The van der Waals surface area contributed by atoms with E-state index in [1.54, 1.807) is 13.8 Å². The van der Waals surface area contributed by atoms with Crippen molar-refractivity contribution in [3.63, 3.8) is 0 Å². The molecule has 14 atom stereocenters. The molecule has 12 heteroatoms. The lowest BCUT2D eigenvalue weighted by molar-refractivity contribution is -0.305. The predicted octanol–water partition coefficient (Wildman–Crippen LogP) is 2.82. The Balaban J connectivity index is 2.18. The molecular formula is C35H62N2O10. The molecule has 3 N–H and O–H groups in total. The number of nitrogens with zero attached hydrogens (tertiary/aromatic N) is 1. The topological polar surface area (TPSA) is 145 Å². The van der Waals surface area contributed by atoms with Gasteiger partial charge in [0.1, 0.15) is 17.8 Å². The third-order valence-electron chi connectivity index (χ3n) is 10.3. The number of carbonyl (C=O) groups excluding carboxylic acids is 2. The van der Waals surface area contributed by atoms with Crippen LogP contribution in [0.2, 0.25) is 0 Å². The van der Waals surface area contributed by atoms with E-state index in [1.165, 1.54) is 6.92 Å². The normalized spacial score (nSPS) is 44.8. The van der Waals surface area contributed by atoms with Gasteiger partial charge < -0.3 is 48.9 Å². The number of carbonyl (C=O) groups is 2. The van der Waals surface area contributed by atoms with E-state index < -0.39 is 71.8 Å². The number of likely N-dealkylation sites (N-methyl/N-ethyl adjacent to an activating group) is 1. The predicted molar refractivity (Wildman–Crippen MR) is 176 cm³/mol. The molecule has 0 aromatic heterocycles. The largest absolute Gasteiger partial charge is 0.459 e. The molecule has 0 aromatic carbocycles. The van der Waals surface area contributed by atoms with Crippen LogP contribution in [-0.2, 0) is 38.0 Å². The lowest BCUT2D eigenvalue weighted by Crippen LogP contribution is -2.60. The third kappa shape index (κ3) is 9.54. The summed E-state index contributed by atoms with van der Waals surface area (Å²) in [6.07, 6.45) is -4.24. The maximum absolute atomic E-state index is 13.7. The molecule has 0 saturated carbocycles. The molecule has 4 saturated heterocycles. The molecule has 272 valence electrons. The van der Waals surface area contributed by atoms with Gasteiger partial charge >= 0.3 is 11.9 Å². The van der Waals surface area contributed by atoms with Crippen molar-refractivity contribution >= 4 is 11.9 Å². The SMILES string of the molecule is C=C1CO[C@H]2[C@@H](C)NC[C@H](C)C[C@@](C)(OC1)[C@H](O[C@@H]1O[C@H](C)C[C@H](N(C)C)[C@H]1OC(C)=O)[C@@H](C)C(O)C(C)C(=O)O[C@H](CC)[C@@]2(C)O. The summed E-state index contributed by atoms with van der Waals surface area (Å²) in [6.45, 7) is 21.2. The Labute approximate surface area is 281 Å². The van der Waals surface area contributed by atoms with Gasteiger partial charge in [-0.2, -0.15) is 0 Å². The number of aliphatic hydroxyl groups excluding tert-OH is 1. The van der Waals surface area contributed by atoms with Gasteiger partial charge in [-0.15, -0.1) is 0 Å². The number of ether oxygens (including phenoxy) is 6. The molecule has 4 aliphatic rings. The van der Waals surface area contributed by atoms with Crippen molar-refractivity contribution in [2.75, 3.05) is 33.9 Å². The number of aliphatic hydroxyl groups is 2. The summed E-state index contributed by atoms with van der Waals surface area (Å²) in [5.74, 6) is -2.74. The minimum absolute atomic E-state index is 0.0311. The molecule has 4 rings (SSSR count). The monoisotopic (exact) mass is 670 g/mol. The lowest BCUT2D eigenvalue weighted by atomic mass is 9.77. The molecule has 4 fully saturated rings. The second-order valence-electron chi connectivity index (χ2n) is 15.0. The van der Waals surface area contributed by atoms with Crippen LogP contribution in [0.25, 0.3) is 0 Å². The maximum atomic E-state index is 13.7. The Kier molecular flexibility index (Phi) is 13.9. The van der Waals surface area contributed by atoms with Crippen LogP contribution in [0.5, 0.6) is 0 Å². The van der Waals surface area contributed by atoms with Crippen molar-refractivity contribution in [3.8, 4) is 0 Å². The fourth-order valence-corrected chi connectivity index (χ4v) is 7.60. The van der Waals surface area contributed by atoms with Gasteiger partial charge in [0, 0.05) is 18.9 Å². The quantitative estimate of drug-likeness (QED) is 0.292. The lowest BCUT2D eigenvalue weighted by Gasteiger charge is -2.48. The first-order valence-corrected chi connectivity index (χ1v) is 17.2. The molecule has 12 nitrogen and oxygen atoms in total. The van der Waals surface area contributed by atoms with E-state index in [4.69, 9.17) is 28.4 Å². The molecule has 0 amide bonds. The first kappa shape index (κ1) is 39.8. The van der Waals surface area contributed by atoms with Crippen molar-refractivity contribution in [2.24, 2.45) is 17.8 Å². The summed E-state index contributed by atoms with van der Waals surface area (Å²) >= 11 is 0. The number of rotatable bonds is 5. The zero-order chi connectivity index (χ0) is 35.4. The zero-order valence-electron chi connectivity index (χ0n) is 30.5. The molecule has 47 heavy (non-hydrogen) atoms. The average Bonchev–Trinajstić information content (AvgIpc) is 2.98. The number of esters is 2. The van der Waals surface area contributed by atoms with Gasteiger partial charge in [-0.1, -0.05) is 27.4 Å². The highest BCUT2D eigenvalue weighted by Gasteiger charge is 2.52. The van der Waals surface area contributed by atoms with Gasteiger partial charge in [0.2, 0.25) is 0 Å². The Morgan fingerprint density at radius 2 is 1.81 bits per heavy atom. The molecule has 2 bridgehead atoms. The van der Waals surface area contributed by atoms with E-state index >= 15 is 0 Å². The summed E-state index contributed by atoms with van der Waals surface area (Å²) < 4.78 is 38.1. The smallest absolute Gasteiger partial charge is 0.311 e. The van der Waals surface area contributed by atoms with Crippen LogP contribution in [0.1, 0.15) is 81.6 Å². The first-order chi connectivity index (χ1) is 21.8. The highest BCUT2D eigenvalue weighted by Crippen LogP contribution is 2.39. The number of hydrogen-bond acceptors (Lipinski definition) is 12. The van der Waals surface area contributed by atoms with E-state index in [9.17, 15) is 19.8 Å². The highest BCUT2D eigenvalue weighted by atomic mass is 16.7. The molecule has 2 unspecified atom stereocenters. The molecule has 0 radical (unpaired) electrons. The summed E-state index contributed by atoms with van der Waals surface area (Å²) in [5, 5.41) is 27.3. The Bertz CT molecular complexity index is 1070. The molecule has 4 heterocycles. The maximum Gasteiger partial charge on any atom is 0.311 e. The summed E-state index contributed by atoms with van der Waals surface area (Å²) in [4.78, 5) is 28.0. The van der Waals surface area contributed by atoms with Gasteiger partial charge in [-0.3, -0.25) is 9.59 Å². The van der Waals surface area contributed by atoms with Gasteiger partial charge in [-0.05, 0) is 86.0 Å². The van der Waals surface area contributed by atoms with E-state index in [-0.39, 0.29) is 37.3 Å². The molecule has 0 aromatic rings. The number of fused-ring (bicyclic) bond motifs is 15. The van der Waals surface area contributed by atoms with Crippen LogP contribution in [0.4, 0.5) is 0 Å². The molecular weight excluding hydrogens is 608 g/mol. The summed E-state index contributed by atoms with van der Waals surface area (Å²) in [7, 11) is 3.85. The van der Waals surface area contributed by atoms with Crippen LogP contribution in [0.3, 0.4) is 0 Å². The van der Waals surface area contributed by atoms with E-state index in [0.717, 1.165) is 0 Å². The number of nitrogens with one attached hydrogen (secondary N) is 1. The molecule has 0 aliphatic carbocycles. The Hall–Kier alpha value is -1.64. The second kappa shape index (κ2) is 16.4. The van der Waals surface area contributed by atoms with Crippen LogP contribution in [0, 0.1) is 17.8 Å². The van der Waals surface area contributed by atoms with Crippen LogP contribution in [-0.4, -0.2) is 127 Å². The zero-order valence-corrected chi connectivity index (χ0v) is 30.5. The van der Waals surface area contributed by atoms with Crippen molar-refractivity contribution in [1.29, 1.82) is 0 Å². The van der Waals surface area contributed by atoms with E-state index in [0.29, 0.717) is 31.4 Å². The first-order valence-electron chi connectivity index (χ1n) is 17.2. The van der Waals surface area contributed by atoms with E-state index in [2.05, 4.69) is 18.8 Å². The molecule has 0 spiro atoms. The average molecular weight is 671 g/mol. The fraction of sp³-hybridized carbons (Fsp3) is 0.886. The van der Waals surface area contributed by atoms with Gasteiger partial charge in [-0.25, -0.2) is 0 Å². The van der Waals surface area contributed by atoms with Crippen molar-refractivity contribution in [3.05, 3.63) is 12.2 Å². The van der Waals surface area contributed by atoms with Crippen LogP contribution >= 0.6 is 0 Å².